The van der Waals surface area contributed by atoms with Crippen LogP contribution in [0.4, 0.5) is 5.82 Å². The molecule has 0 atom stereocenters. The second-order valence-electron chi connectivity index (χ2n) is 7.93. The van der Waals surface area contributed by atoms with E-state index >= 15 is 0 Å². The summed E-state index contributed by atoms with van der Waals surface area (Å²) in [7, 11) is 4.12. The van der Waals surface area contributed by atoms with Gasteiger partial charge in [0.1, 0.15) is 17.0 Å². The number of hydrogen-bond acceptors (Lipinski definition) is 6. The lowest BCUT2D eigenvalue weighted by Gasteiger charge is -2.33. The molecule has 1 saturated heterocycles. The summed E-state index contributed by atoms with van der Waals surface area (Å²) in [6, 6.07) is 0.374. The molecule has 0 N–H and O–H groups in total. The molecule has 1 amide bonds. The zero-order valence-electron chi connectivity index (χ0n) is 16.6. The molecule has 0 radical (unpaired) electrons. The number of carbonyl (C=O) groups excluding carboxylic acids is 1. The van der Waals surface area contributed by atoms with E-state index in [1.54, 1.807) is 6.33 Å². The molecule has 0 aromatic carbocycles. The highest BCUT2D eigenvalue weighted by Gasteiger charge is 2.28. The first-order valence-corrected chi connectivity index (χ1v) is 10.8. The largest absolute Gasteiger partial charge is 0.353 e. The van der Waals surface area contributed by atoms with E-state index in [9.17, 15) is 4.79 Å². The average Bonchev–Trinajstić information content (AvgIpc) is 3.05. The van der Waals surface area contributed by atoms with Crippen molar-refractivity contribution in [3.8, 4) is 0 Å². The van der Waals surface area contributed by atoms with Crippen LogP contribution in [0.1, 0.15) is 47.3 Å². The second-order valence-corrected chi connectivity index (χ2v) is 8.93. The van der Waals surface area contributed by atoms with Crippen LogP contribution in [0.2, 0.25) is 0 Å². The van der Waals surface area contributed by atoms with E-state index in [4.69, 9.17) is 0 Å². The van der Waals surface area contributed by atoms with Crippen LogP contribution in [0, 0.1) is 6.92 Å². The van der Waals surface area contributed by atoms with E-state index in [1.165, 1.54) is 30.6 Å². The zero-order chi connectivity index (χ0) is 19.0. The van der Waals surface area contributed by atoms with Gasteiger partial charge in [-0.05, 0) is 32.4 Å². The fraction of sp³-hybridized carbons (Fsp3) is 0.650. The van der Waals surface area contributed by atoms with Gasteiger partial charge in [-0.15, -0.1) is 11.3 Å². The number of aromatic nitrogens is 2. The van der Waals surface area contributed by atoms with Gasteiger partial charge in [0, 0.05) is 39.3 Å². The Hall–Kier alpha value is -1.73. The lowest BCUT2D eigenvalue weighted by Crippen LogP contribution is -2.44. The third kappa shape index (κ3) is 3.55. The number of piperazine rings is 1. The number of aryl methyl sites for hydroxylation is 1. The molecule has 0 spiro atoms. The fourth-order valence-corrected chi connectivity index (χ4v) is 5.44. The van der Waals surface area contributed by atoms with Crippen LogP contribution < -0.4 is 4.90 Å². The molecule has 6 nitrogen and oxygen atoms in total. The lowest BCUT2D eigenvalue weighted by molar-refractivity contribution is 0.0700. The van der Waals surface area contributed by atoms with Gasteiger partial charge in [0.2, 0.25) is 0 Å². The minimum atomic E-state index is 0.145. The lowest BCUT2D eigenvalue weighted by atomic mass is 9.94. The predicted molar refractivity (Wildman–Crippen MR) is 111 cm³/mol. The number of nitrogens with zero attached hydrogens (tertiary/aromatic N) is 5. The Labute approximate surface area is 165 Å². The smallest absolute Gasteiger partial charge is 0.264 e. The summed E-state index contributed by atoms with van der Waals surface area (Å²) in [5, 5.41) is 1.06. The van der Waals surface area contributed by atoms with Crippen LogP contribution in [0.3, 0.4) is 0 Å². The monoisotopic (exact) mass is 387 g/mol. The van der Waals surface area contributed by atoms with Crippen molar-refractivity contribution in [3.05, 3.63) is 16.8 Å². The van der Waals surface area contributed by atoms with Gasteiger partial charge >= 0.3 is 0 Å². The number of anilines is 1. The topological polar surface area (TPSA) is 52.6 Å². The van der Waals surface area contributed by atoms with Gasteiger partial charge in [-0.3, -0.25) is 4.79 Å². The van der Waals surface area contributed by atoms with Crippen molar-refractivity contribution in [1.82, 2.24) is 19.8 Å². The molecular formula is C20H29N5OS. The highest BCUT2D eigenvalue weighted by atomic mass is 32.1. The Morgan fingerprint density at radius 3 is 2.56 bits per heavy atom. The molecule has 3 heterocycles. The zero-order valence-corrected chi connectivity index (χ0v) is 17.4. The summed E-state index contributed by atoms with van der Waals surface area (Å²) < 4.78 is 0. The molecule has 2 fully saturated rings. The van der Waals surface area contributed by atoms with Gasteiger partial charge in [0.15, 0.2) is 0 Å². The molecule has 2 aliphatic rings. The van der Waals surface area contributed by atoms with Gasteiger partial charge in [-0.25, -0.2) is 9.97 Å². The third-order valence-electron chi connectivity index (χ3n) is 6.15. The van der Waals surface area contributed by atoms with Crippen molar-refractivity contribution in [2.24, 2.45) is 0 Å². The molecule has 146 valence electrons. The maximum Gasteiger partial charge on any atom is 0.264 e. The van der Waals surface area contributed by atoms with Crippen molar-refractivity contribution in [1.29, 1.82) is 0 Å². The number of hydrogen-bond donors (Lipinski definition) is 0. The highest BCUT2D eigenvalue weighted by Crippen LogP contribution is 2.36. The first kappa shape index (κ1) is 18.6. The summed E-state index contributed by atoms with van der Waals surface area (Å²) in [4.78, 5) is 30.7. The number of carbonyl (C=O) groups is 1. The van der Waals surface area contributed by atoms with Gasteiger partial charge < -0.3 is 14.7 Å². The summed E-state index contributed by atoms with van der Waals surface area (Å²) in [5.41, 5.74) is 1.04. The van der Waals surface area contributed by atoms with E-state index in [0.717, 1.165) is 65.5 Å². The number of fused-ring (bicyclic) bond motifs is 1. The molecule has 2 aromatic rings. The maximum absolute atomic E-state index is 13.2. The quantitative estimate of drug-likeness (QED) is 0.810. The Kier molecular flexibility index (Phi) is 5.32. The Morgan fingerprint density at radius 1 is 1.15 bits per heavy atom. The van der Waals surface area contributed by atoms with Gasteiger partial charge in [-0.1, -0.05) is 19.3 Å². The van der Waals surface area contributed by atoms with Crippen LogP contribution in [0.5, 0.6) is 0 Å². The number of thiophene rings is 1. The van der Waals surface area contributed by atoms with Crippen LogP contribution >= 0.6 is 11.3 Å². The molecule has 1 aliphatic carbocycles. The fourth-order valence-electron chi connectivity index (χ4n) is 4.31. The van der Waals surface area contributed by atoms with Crippen molar-refractivity contribution < 1.29 is 4.79 Å². The van der Waals surface area contributed by atoms with Crippen molar-refractivity contribution >= 4 is 33.3 Å². The van der Waals surface area contributed by atoms with E-state index in [2.05, 4.69) is 33.7 Å². The summed E-state index contributed by atoms with van der Waals surface area (Å²) in [5.74, 6) is 1.13. The standard InChI is InChI=1S/C20H29N5OS/c1-14-16-18(25-11-9-23(2)10-12-25)21-13-22-19(16)27-17(14)20(26)24(3)15-7-5-4-6-8-15/h13,15H,4-12H2,1-3H3. The number of likely N-dealkylation sites (N-methyl/N-ethyl adjacent to an activating group) is 1. The van der Waals surface area contributed by atoms with E-state index in [0.29, 0.717) is 6.04 Å². The summed E-state index contributed by atoms with van der Waals surface area (Å²) in [6.45, 7) is 6.05. The third-order valence-corrected chi connectivity index (χ3v) is 7.33. The molecular weight excluding hydrogens is 358 g/mol. The van der Waals surface area contributed by atoms with E-state index in [-0.39, 0.29) is 5.91 Å². The first-order valence-electron chi connectivity index (χ1n) is 10.0. The van der Waals surface area contributed by atoms with Gasteiger partial charge in [0.05, 0.1) is 10.3 Å². The minimum Gasteiger partial charge on any atom is -0.353 e. The average molecular weight is 388 g/mol. The Morgan fingerprint density at radius 2 is 1.85 bits per heavy atom. The van der Waals surface area contributed by atoms with Gasteiger partial charge in [0.25, 0.3) is 5.91 Å². The summed E-state index contributed by atoms with van der Waals surface area (Å²) in [6.07, 6.45) is 7.64. The van der Waals surface area contributed by atoms with Crippen molar-refractivity contribution in [3.63, 3.8) is 0 Å². The van der Waals surface area contributed by atoms with Gasteiger partial charge in [-0.2, -0.15) is 0 Å². The number of rotatable bonds is 3. The SMILES string of the molecule is Cc1c(C(=O)N(C)C2CCCCC2)sc2ncnc(N3CCN(C)CC3)c12. The van der Waals surface area contributed by atoms with Crippen LogP contribution in [-0.2, 0) is 0 Å². The molecule has 1 aliphatic heterocycles. The van der Waals surface area contributed by atoms with Crippen molar-refractivity contribution in [2.45, 2.75) is 45.1 Å². The number of amides is 1. The molecule has 0 unspecified atom stereocenters. The van der Waals surface area contributed by atoms with Crippen LogP contribution in [-0.4, -0.2) is 72.0 Å². The molecule has 1 saturated carbocycles. The molecule has 2 aromatic heterocycles. The molecule has 27 heavy (non-hydrogen) atoms. The summed E-state index contributed by atoms with van der Waals surface area (Å²) >= 11 is 1.52. The van der Waals surface area contributed by atoms with E-state index < -0.39 is 0 Å². The molecule has 0 bridgehead atoms. The Balaban J connectivity index is 1.65. The van der Waals surface area contributed by atoms with Crippen LogP contribution in [0.25, 0.3) is 10.2 Å². The maximum atomic E-state index is 13.2. The highest BCUT2D eigenvalue weighted by molar-refractivity contribution is 7.20. The first-order chi connectivity index (χ1) is 13.1. The second kappa shape index (κ2) is 7.72. The van der Waals surface area contributed by atoms with E-state index in [1.807, 2.05) is 11.9 Å². The van der Waals surface area contributed by atoms with Crippen molar-refractivity contribution in [2.75, 3.05) is 45.2 Å². The normalized spacial score (nSPS) is 19.6. The predicted octanol–water partition coefficient (Wildman–Crippen LogP) is 3.16. The van der Waals surface area contributed by atoms with Crippen LogP contribution in [0.15, 0.2) is 6.33 Å². The molecule has 4 rings (SSSR count). The minimum absolute atomic E-state index is 0.145. The Bertz CT molecular complexity index is 821. The molecule has 7 heteroatoms.